The average molecular weight is 348 g/mol. The molecule has 1 unspecified atom stereocenters. The summed E-state index contributed by atoms with van der Waals surface area (Å²) < 4.78 is 6.84. The summed E-state index contributed by atoms with van der Waals surface area (Å²) in [5.74, 6) is 0.930. The molecule has 112 valence electrons. The highest BCUT2D eigenvalue weighted by molar-refractivity contribution is 9.10. The topological polar surface area (TPSA) is 21.3 Å². The van der Waals surface area contributed by atoms with Crippen LogP contribution in [-0.4, -0.2) is 6.10 Å². The predicted octanol–water partition coefficient (Wildman–Crippen LogP) is 5.09. The van der Waals surface area contributed by atoms with E-state index >= 15 is 0 Å². The molecule has 0 saturated carbocycles. The molecule has 2 nitrogen and oxygen atoms in total. The normalized spacial score (nSPS) is 12.4. The largest absolute Gasteiger partial charge is 0.491 e. The monoisotopic (exact) mass is 347 g/mol. The maximum Gasteiger partial charge on any atom is 0.120 e. The molecule has 2 aromatic carbocycles. The predicted molar refractivity (Wildman–Crippen MR) is 91.6 cm³/mol. The quantitative estimate of drug-likeness (QED) is 0.785. The molecule has 0 spiro atoms. The van der Waals surface area contributed by atoms with Gasteiger partial charge in [-0.15, -0.1) is 0 Å². The molecule has 0 aliphatic rings. The summed E-state index contributed by atoms with van der Waals surface area (Å²) in [7, 11) is 0. The van der Waals surface area contributed by atoms with Crippen LogP contribution in [0.25, 0.3) is 0 Å². The molecular weight excluding hydrogens is 326 g/mol. The van der Waals surface area contributed by atoms with Crippen molar-refractivity contribution in [2.24, 2.45) is 0 Å². The molecule has 0 fully saturated rings. The molecule has 0 aliphatic carbocycles. The van der Waals surface area contributed by atoms with Crippen molar-refractivity contribution >= 4 is 15.9 Å². The summed E-state index contributed by atoms with van der Waals surface area (Å²) >= 11 is 3.51. The summed E-state index contributed by atoms with van der Waals surface area (Å²) in [6.45, 7) is 7.08. The summed E-state index contributed by atoms with van der Waals surface area (Å²) in [6, 6.07) is 17.0. The molecule has 0 amide bonds. The fourth-order valence-electron chi connectivity index (χ4n) is 2.17. The van der Waals surface area contributed by atoms with Gasteiger partial charge >= 0.3 is 0 Å². The summed E-state index contributed by atoms with van der Waals surface area (Å²) in [5.41, 5.74) is 2.51. The van der Waals surface area contributed by atoms with Crippen LogP contribution in [0.5, 0.6) is 5.75 Å². The van der Waals surface area contributed by atoms with Gasteiger partial charge in [0, 0.05) is 17.1 Å². The van der Waals surface area contributed by atoms with Gasteiger partial charge in [0.05, 0.1) is 6.10 Å². The minimum absolute atomic E-state index is 0.203. The molecule has 1 atom stereocenters. The van der Waals surface area contributed by atoms with E-state index in [-0.39, 0.29) is 6.10 Å². The van der Waals surface area contributed by atoms with Crippen LogP contribution >= 0.6 is 15.9 Å². The maximum atomic E-state index is 5.73. The average Bonchev–Trinajstić information content (AvgIpc) is 2.44. The number of hydrogen-bond donors (Lipinski definition) is 1. The molecule has 3 heteroatoms. The first-order chi connectivity index (χ1) is 10.0. The first-order valence-electron chi connectivity index (χ1n) is 7.29. The van der Waals surface area contributed by atoms with E-state index < -0.39 is 0 Å². The lowest BCUT2D eigenvalue weighted by atomic mass is 10.1. The van der Waals surface area contributed by atoms with Gasteiger partial charge in [-0.25, -0.2) is 0 Å². The zero-order valence-electron chi connectivity index (χ0n) is 12.8. The van der Waals surface area contributed by atoms with E-state index in [1.54, 1.807) is 0 Å². The van der Waals surface area contributed by atoms with Gasteiger partial charge in [0.1, 0.15) is 5.75 Å². The van der Waals surface area contributed by atoms with Crippen molar-refractivity contribution in [3.05, 3.63) is 64.1 Å². The van der Waals surface area contributed by atoms with E-state index in [0.717, 1.165) is 16.8 Å². The Balaban J connectivity index is 1.96. The van der Waals surface area contributed by atoms with Crippen molar-refractivity contribution in [2.45, 2.75) is 39.5 Å². The molecule has 0 radical (unpaired) electrons. The van der Waals surface area contributed by atoms with E-state index in [4.69, 9.17) is 4.74 Å². The lowest BCUT2D eigenvalue weighted by Crippen LogP contribution is -2.18. The highest BCUT2D eigenvalue weighted by Crippen LogP contribution is 2.19. The van der Waals surface area contributed by atoms with E-state index in [0.29, 0.717) is 6.04 Å². The minimum Gasteiger partial charge on any atom is -0.491 e. The zero-order chi connectivity index (χ0) is 15.2. The third-order valence-electron chi connectivity index (χ3n) is 3.23. The fourth-order valence-corrected chi connectivity index (χ4v) is 2.58. The second kappa shape index (κ2) is 7.62. The molecule has 2 rings (SSSR count). The number of halogens is 1. The molecule has 0 heterocycles. The standard InChI is InChI=1S/C18H22BrNO/c1-13(2)21-18-9-4-6-15(10-18)12-20-14(3)16-7-5-8-17(19)11-16/h4-11,13-14,20H,12H2,1-3H3. The minimum atomic E-state index is 0.203. The SMILES string of the molecule is CC(C)Oc1cccc(CNC(C)c2cccc(Br)c2)c1. The van der Waals surface area contributed by atoms with E-state index in [1.165, 1.54) is 11.1 Å². The van der Waals surface area contributed by atoms with E-state index in [2.05, 4.69) is 58.5 Å². The van der Waals surface area contributed by atoms with Crippen LogP contribution in [0.15, 0.2) is 53.0 Å². The van der Waals surface area contributed by atoms with Crippen LogP contribution in [0.1, 0.15) is 37.9 Å². The van der Waals surface area contributed by atoms with Crippen molar-refractivity contribution in [1.29, 1.82) is 0 Å². The second-order valence-electron chi connectivity index (χ2n) is 5.47. The molecule has 1 N–H and O–H groups in total. The van der Waals surface area contributed by atoms with Gasteiger partial charge in [-0.1, -0.05) is 40.2 Å². The summed E-state index contributed by atoms with van der Waals surface area (Å²) in [4.78, 5) is 0. The van der Waals surface area contributed by atoms with Gasteiger partial charge < -0.3 is 10.1 Å². The number of ether oxygens (including phenoxy) is 1. The first kappa shape index (κ1) is 16.1. The third kappa shape index (κ3) is 5.18. The molecular formula is C18H22BrNO. The lowest BCUT2D eigenvalue weighted by Gasteiger charge is -2.16. The fraction of sp³-hybridized carbons (Fsp3) is 0.333. The van der Waals surface area contributed by atoms with E-state index in [9.17, 15) is 0 Å². The second-order valence-corrected chi connectivity index (χ2v) is 6.39. The molecule has 0 aromatic heterocycles. The highest BCUT2D eigenvalue weighted by Gasteiger charge is 2.06. The van der Waals surface area contributed by atoms with Gasteiger partial charge in [-0.2, -0.15) is 0 Å². The van der Waals surface area contributed by atoms with Crippen LogP contribution < -0.4 is 10.1 Å². The molecule has 0 bridgehead atoms. The third-order valence-corrected chi connectivity index (χ3v) is 3.72. The Bertz CT molecular complexity index is 583. The molecule has 0 saturated heterocycles. The maximum absolute atomic E-state index is 5.73. The van der Waals surface area contributed by atoms with Crippen molar-refractivity contribution < 1.29 is 4.74 Å². The highest BCUT2D eigenvalue weighted by atomic mass is 79.9. The number of benzene rings is 2. The summed E-state index contributed by atoms with van der Waals surface area (Å²) in [6.07, 6.45) is 0.203. The van der Waals surface area contributed by atoms with Crippen LogP contribution in [0.4, 0.5) is 0 Å². The Kier molecular flexibility index (Phi) is 5.83. The van der Waals surface area contributed by atoms with Crippen molar-refractivity contribution in [1.82, 2.24) is 5.32 Å². The van der Waals surface area contributed by atoms with Crippen molar-refractivity contribution in [3.8, 4) is 5.75 Å². The van der Waals surface area contributed by atoms with E-state index in [1.807, 2.05) is 32.0 Å². The van der Waals surface area contributed by atoms with Crippen LogP contribution in [0.2, 0.25) is 0 Å². The Hall–Kier alpha value is -1.32. The summed E-state index contributed by atoms with van der Waals surface area (Å²) in [5, 5.41) is 3.55. The lowest BCUT2D eigenvalue weighted by molar-refractivity contribution is 0.242. The molecule has 2 aromatic rings. The Morgan fingerprint density at radius 3 is 2.52 bits per heavy atom. The smallest absolute Gasteiger partial charge is 0.120 e. The Labute approximate surface area is 135 Å². The van der Waals surface area contributed by atoms with Crippen LogP contribution in [0.3, 0.4) is 0 Å². The zero-order valence-corrected chi connectivity index (χ0v) is 14.4. The number of rotatable bonds is 6. The van der Waals surface area contributed by atoms with Gasteiger partial charge in [-0.3, -0.25) is 0 Å². The Morgan fingerprint density at radius 1 is 1.05 bits per heavy atom. The Morgan fingerprint density at radius 2 is 1.81 bits per heavy atom. The van der Waals surface area contributed by atoms with Crippen molar-refractivity contribution in [3.63, 3.8) is 0 Å². The van der Waals surface area contributed by atoms with Gasteiger partial charge in [0.15, 0.2) is 0 Å². The molecule has 0 aliphatic heterocycles. The number of hydrogen-bond acceptors (Lipinski definition) is 2. The van der Waals surface area contributed by atoms with Crippen molar-refractivity contribution in [2.75, 3.05) is 0 Å². The number of nitrogens with one attached hydrogen (secondary N) is 1. The molecule has 21 heavy (non-hydrogen) atoms. The van der Waals surface area contributed by atoms with Gasteiger partial charge in [-0.05, 0) is 56.2 Å². The van der Waals surface area contributed by atoms with Crippen LogP contribution in [-0.2, 0) is 6.54 Å². The van der Waals surface area contributed by atoms with Crippen LogP contribution in [0, 0.1) is 0 Å². The van der Waals surface area contributed by atoms with Gasteiger partial charge in [0.2, 0.25) is 0 Å². The first-order valence-corrected chi connectivity index (χ1v) is 8.08. The van der Waals surface area contributed by atoms with Gasteiger partial charge in [0.25, 0.3) is 0 Å².